The summed E-state index contributed by atoms with van der Waals surface area (Å²) in [6, 6.07) is 2.91. The Labute approximate surface area is 114 Å². The second-order valence-electron chi connectivity index (χ2n) is 4.52. The zero-order valence-corrected chi connectivity index (χ0v) is 11.7. The number of hydrogen-bond donors (Lipinski definition) is 2. The van der Waals surface area contributed by atoms with Crippen LogP contribution in [0.1, 0.15) is 25.5 Å². The van der Waals surface area contributed by atoms with Gasteiger partial charge in [-0.1, -0.05) is 0 Å². The molecule has 0 fully saturated rings. The number of benzene rings is 1. The fourth-order valence-corrected chi connectivity index (χ4v) is 2.77. The minimum absolute atomic E-state index is 0.0171. The molecule has 1 aromatic carbocycles. The number of halogens is 1. The molecule has 0 atom stereocenters. The van der Waals surface area contributed by atoms with Crippen LogP contribution in [0.5, 0.6) is 0 Å². The Bertz CT molecular complexity index is 662. The summed E-state index contributed by atoms with van der Waals surface area (Å²) in [5, 5.41) is 6.88. The largest absolute Gasteiger partial charge is 0.398 e. The smallest absolute Gasteiger partial charge is 0.344 e. The number of nitrogens with zero attached hydrogens (tertiary/aromatic N) is 2. The summed E-state index contributed by atoms with van der Waals surface area (Å²) in [5.41, 5.74) is 6.35. The van der Waals surface area contributed by atoms with Gasteiger partial charge >= 0.3 is 5.69 Å². The number of rotatable bonds is 3. The van der Waals surface area contributed by atoms with E-state index in [2.05, 4.69) is 10.2 Å². The molecule has 0 saturated heterocycles. The standard InChI is InChI=1S/C12H15FN4OS/c1-6(2)17-11(18)15-16-12(17)19-10-4-7(3)8(13)5-9(10)14/h4-6H,14H2,1-3H3,(H,15,18). The average Bonchev–Trinajstić information content (AvgIpc) is 2.67. The molecule has 1 aromatic heterocycles. The lowest BCUT2D eigenvalue weighted by Crippen LogP contribution is -2.19. The third kappa shape index (κ3) is 2.65. The number of aromatic amines is 1. The molecule has 2 rings (SSSR count). The first-order valence-corrected chi connectivity index (χ1v) is 6.62. The number of anilines is 1. The van der Waals surface area contributed by atoms with E-state index in [4.69, 9.17) is 5.73 Å². The van der Waals surface area contributed by atoms with E-state index < -0.39 is 0 Å². The van der Waals surface area contributed by atoms with Crippen molar-refractivity contribution in [2.75, 3.05) is 5.73 Å². The lowest BCUT2D eigenvalue weighted by atomic mass is 10.2. The molecule has 0 unspecified atom stereocenters. The zero-order chi connectivity index (χ0) is 14.2. The van der Waals surface area contributed by atoms with Crippen molar-refractivity contribution >= 4 is 17.4 Å². The number of hydrogen-bond acceptors (Lipinski definition) is 4. The summed E-state index contributed by atoms with van der Waals surface area (Å²) < 4.78 is 14.9. The van der Waals surface area contributed by atoms with Crippen LogP contribution in [0.15, 0.2) is 27.0 Å². The van der Waals surface area contributed by atoms with Gasteiger partial charge in [0.05, 0.1) is 0 Å². The number of aryl methyl sites for hydroxylation is 1. The molecule has 0 aliphatic heterocycles. The molecule has 5 nitrogen and oxygen atoms in total. The van der Waals surface area contributed by atoms with Crippen LogP contribution in [0.2, 0.25) is 0 Å². The Balaban J connectivity index is 2.42. The number of nitrogen functional groups attached to an aromatic ring is 1. The van der Waals surface area contributed by atoms with E-state index in [9.17, 15) is 9.18 Å². The van der Waals surface area contributed by atoms with Crippen LogP contribution in [0.25, 0.3) is 0 Å². The Morgan fingerprint density at radius 3 is 2.79 bits per heavy atom. The van der Waals surface area contributed by atoms with Gasteiger partial charge in [0.25, 0.3) is 0 Å². The second-order valence-corrected chi connectivity index (χ2v) is 5.53. The predicted molar refractivity (Wildman–Crippen MR) is 72.9 cm³/mol. The second kappa shape index (κ2) is 5.08. The zero-order valence-electron chi connectivity index (χ0n) is 10.9. The highest BCUT2D eigenvalue weighted by atomic mass is 32.2. The summed E-state index contributed by atoms with van der Waals surface area (Å²) in [6.45, 7) is 5.44. The molecule has 3 N–H and O–H groups in total. The Hall–Kier alpha value is -1.76. The highest BCUT2D eigenvalue weighted by molar-refractivity contribution is 7.99. The molecule has 102 valence electrons. The minimum Gasteiger partial charge on any atom is -0.398 e. The summed E-state index contributed by atoms with van der Waals surface area (Å²) in [5.74, 6) is -0.342. The van der Waals surface area contributed by atoms with Gasteiger partial charge in [-0.2, -0.15) is 0 Å². The summed E-state index contributed by atoms with van der Waals surface area (Å²) in [6.07, 6.45) is 0. The molecule has 0 aliphatic carbocycles. The van der Waals surface area contributed by atoms with Gasteiger partial charge in [0.2, 0.25) is 0 Å². The molecular formula is C12H15FN4OS. The lowest BCUT2D eigenvalue weighted by molar-refractivity contribution is 0.534. The number of aromatic nitrogens is 3. The van der Waals surface area contributed by atoms with E-state index in [1.165, 1.54) is 22.4 Å². The van der Waals surface area contributed by atoms with Crippen molar-refractivity contribution in [3.8, 4) is 0 Å². The first kappa shape index (κ1) is 13.7. The minimum atomic E-state index is -0.342. The van der Waals surface area contributed by atoms with E-state index in [-0.39, 0.29) is 17.5 Å². The van der Waals surface area contributed by atoms with Crippen molar-refractivity contribution < 1.29 is 4.39 Å². The predicted octanol–water partition coefficient (Wildman–Crippen LogP) is 2.33. The van der Waals surface area contributed by atoms with E-state index >= 15 is 0 Å². The molecule has 0 saturated carbocycles. The Morgan fingerprint density at radius 1 is 1.47 bits per heavy atom. The molecule has 2 aromatic rings. The third-order valence-corrected chi connectivity index (χ3v) is 3.72. The Kier molecular flexibility index (Phi) is 3.66. The normalized spacial score (nSPS) is 11.2. The van der Waals surface area contributed by atoms with Crippen molar-refractivity contribution in [1.82, 2.24) is 14.8 Å². The lowest BCUT2D eigenvalue weighted by Gasteiger charge is -2.10. The maximum Gasteiger partial charge on any atom is 0.344 e. The van der Waals surface area contributed by atoms with Crippen LogP contribution in [-0.2, 0) is 0 Å². The fourth-order valence-electron chi connectivity index (χ4n) is 1.67. The first-order valence-electron chi connectivity index (χ1n) is 5.80. The van der Waals surface area contributed by atoms with Crippen LogP contribution in [0.4, 0.5) is 10.1 Å². The molecule has 0 aliphatic rings. The van der Waals surface area contributed by atoms with Crippen molar-refractivity contribution in [2.24, 2.45) is 0 Å². The van der Waals surface area contributed by atoms with Crippen LogP contribution in [0.3, 0.4) is 0 Å². The molecular weight excluding hydrogens is 267 g/mol. The molecule has 0 spiro atoms. The number of nitrogens with two attached hydrogens (primary N) is 1. The van der Waals surface area contributed by atoms with Crippen molar-refractivity contribution in [3.05, 3.63) is 34.0 Å². The quantitative estimate of drug-likeness (QED) is 0.847. The monoisotopic (exact) mass is 282 g/mol. The highest BCUT2D eigenvalue weighted by Gasteiger charge is 2.15. The number of H-pyrrole nitrogens is 1. The van der Waals surface area contributed by atoms with Crippen LogP contribution in [-0.4, -0.2) is 14.8 Å². The van der Waals surface area contributed by atoms with E-state index in [1.54, 1.807) is 13.0 Å². The van der Waals surface area contributed by atoms with E-state index in [0.717, 1.165) is 0 Å². The maximum atomic E-state index is 13.3. The molecule has 0 amide bonds. The maximum absolute atomic E-state index is 13.3. The van der Waals surface area contributed by atoms with Gasteiger partial charge in [-0.15, -0.1) is 5.10 Å². The molecule has 0 bridgehead atoms. The topological polar surface area (TPSA) is 76.7 Å². The highest BCUT2D eigenvalue weighted by Crippen LogP contribution is 2.32. The van der Waals surface area contributed by atoms with Crippen LogP contribution in [0, 0.1) is 12.7 Å². The molecule has 0 radical (unpaired) electrons. The van der Waals surface area contributed by atoms with Gasteiger partial charge in [-0.25, -0.2) is 14.3 Å². The fraction of sp³-hybridized carbons (Fsp3) is 0.333. The van der Waals surface area contributed by atoms with Crippen molar-refractivity contribution in [3.63, 3.8) is 0 Å². The first-order chi connectivity index (χ1) is 8.90. The van der Waals surface area contributed by atoms with Crippen molar-refractivity contribution in [1.29, 1.82) is 0 Å². The van der Waals surface area contributed by atoms with E-state index in [0.29, 0.717) is 21.3 Å². The summed E-state index contributed by atoms with van der Waals surface area (Å²) in [4.78, 5) is 12.3. The van der Waals surface area contributed by atoms with E-state index in [1.807, 2.05) is 13.8 Å². The summed E-state index contributed by atoms with van der Waals surface area (Å²) in [7, 11) is 0. The van der Waals surface area contributed by atoms with Crippen LogP contribution < -0.4 is 11.4 Å². The van der Waals surface area contributed by atoms with Gasteiger partial charge in [0, 0.05) is 16.6 Å². The summed E-state index contributed by atoms with van der Waals surface area (Å²) >= 11 is 1.24. The SMILES string of the molecule is Cc1cc(Sc2n[nH]c(=O)n2C(C)C)c(N)cc1F. The molecule has 7 heteroatoms. The van der Waals surface area contributed by atoms with Gasteiger partial charge < -0.3 is 5.73 Å². The third-order valence-electron chi connectivity index (χ3n) is 2.68. The van der Waals surface area contributed by atoms with Gasteiger partial charge in [0.15, 0.2) is 5.16 Å². The van der Waals surface area contributed by atoms with Gasteiger partial charge in [0.1, 0.15) is 5.82 Å². The van der Waals surface area contributed by atoms with Gasteiger partial charge in [-0.05, 0) is 50.2 Å². The Morgan fingerprint density at radius 2 is 2.16 bits per heavy atom. The molecule has 19 heavy (non-hydrogen) atoms. The number of nitrogens with one attached hydrogen (secondary N) is 1. The average molecular weight is 282 g/mol. The van der Waals surface area contributed by atoms with Crippen molar-refractivity contribution in [2.45, 2.75) is 36.9 Å². The van der Waals surface area contributed by atoms with Gasteiger partial charge in [-0.3, -0.25) is 4.57 Å². The van der Waals surface area contributed by atoms with Crippen LogP contribution >= 0.6 is 11.8 Å². The molecule has 1 heterocycles.